The Morgan fingerprint density at radius 1 is 1.43 bits per heavy atom. The highest BCUT2D eigenvalue weighted by Crippen LogP contribution is 2.14. The molecule has 1 heterocycles. The lowest BCUT2D eigenvalue weighted by Gasteiger charge is -2.29. The lowest BCUT2D eigenvalue weighted by atomic mass is 9.97. The maximum atomic E-state index is 5.19. The van der Waals surface area contributed by atoms with E-state index in [2.05, 4.69) is 23.2 Å². The smallest absolute Gasteiger partial charge is 0.00981 e. The van der Waals surface area contributed by atoms with E-state index in [-0.39, 0.29) is 0 Å². The van der Waals surface area contributed by atoms with Gasteiger partial charge in [0, 0.05) is 6.42 Å². The molecule has 0 amide bonds. The molecule has 1 aliphatic rings. The molecule has 0 aromatic heterocycles. The van der Waals surface area contributed by atoms with Crippen LogP contribution in [0.3, 0.4) is 0 Å². The van der Waals surface area contributed by atoms with E-state index in [1.807, 2.05) is 0 Å². The molecule has 0 radical (unpaired) electrons. The predicted octanol–water partition coefficient (Wildman–Crippen LogP) is 1.33. The summed E-state index contributed by atoms with van der Waals surface area (Å²) in [5.74, 6) is 3.55. The summed E-state index contributed by atoms with van der Waals surface area (Å²) in [6.45, 7) is 4.78. The van der Waals surface area contributed by atoms with Crippen molar-refractivity contribution in [3.8, 4) is 12.3 Å². The summed E-state index contributed by atoms with van der Waals surface area (Å²) in [7, 11) is 2.20. The predicted molar refractivity (Wildman–Crippen MR) is 61.2 cm³/mol. The average molecular weight is 194 g/mol. The zero-order valence-corrected chi connectivity index (χ0v) is 9.26. The fourth-order valence-electron chi connectivity index (χ4n) is 1.89. The molecule has 0 unspecified atom stereocenters. The number of hydrogen-bond donors (Lipinski definition) is 1. The van der Waals surface area contributed by atoms with Crippen LogP contribution < -0.4 is 5.32 Å². The molecule has 2 heteroatoms. The van der Waals surface area contributed by atoms with Crippen molar-refractivity contribution in [2.24, 2.45) is 5.92 Å². The maximum Gasteiger partial charge on any atom is 0.00981 e. The van der Waals surface area contributed by atoms with E-state index >= 15 is 0 Å². The van der Waals surface area contributed by atoms with E-state index in [4.69, 9.17) is 6.42 Å². The van der Waals surface area contributed by atoms with Crippen molar-refractivity contribution >= 4 is 0 Å². The minimum absolute atomic E-state index is 0.886. The van der Waals surface area contributed by atoms with Gasteiger partial charge < -0.3 is 10.2 Å². The Morgan fingerprint density at radius 2 is 2.14 bits per heavy atom. The number of likely N-dealkylation sites (tertiary alicyclic amines) is 1. The first-order valence-electron chi connectivity index (χ1n) is 5.65. The zero-order valence-electron chi connectivity index (χ0n) is 9.26. The highest BCUT2D eigenvalue weighted by Gasteiger charge is 2.15. The number of terminal acetylenes is 1. The molecule has 0 aromatic carbocycles. The first kappa shape index (κ1) is 11.6. The standard InChI is InChI=1S/C12H22N2/c1-3-4-5-8-13-11-12-6-9-14(2)10-7-12/h1,12-13H,4-11H2,2H3. The number of hydrogen-bond acceptors (Lipinski definition) is 2. The monoisotopic (exact) mass is 194 g/mol. The molecular formula is C12H22N2. The molecule has 14 heavy (non-hydrogen) atoms. The SMILES string of the molecule is C#CCCCNCC1CCN(C)CC1. The van der Waals surface area contributed by atoms with E-state index in [9.17, 15) is 0 Å². The molecule has 2 nitrogen and oxygen atoms in total. The molecule has 1 aliphatic heterocycles. The molecule has 1 N–H and O–H groups in total. The minimum Gasteiger partial charge on any atom is -0.316 e. The summed E-state index contributed by atoms with van der Waals surface area (Å²) in [5.41, 5.74) is 0. The largest absolute Gasteiger partial charge is 0.316 e. The normalized spacial score (nSPS) is 19.4. The molecule has 0 aliphatic carbocycles. The second-order valence-electron chi connectivity index (χ2n) is 4.26. The van der Waals surface area contributed by atoms with Gasteiger partial charge in [0.05, 0.1) is 0 Å². The zero-order chi connectivity index (χ0) is 10.2. The summed E-state index contributed by atoms with van der Waals surface area (Å²) in [4.78, 5) is 2.41. The van der Waals surface area contributed by atoms with Gasteiger partial charge in [-0.15, -0.1) is 12.3 Å². The molecule has 1 saturated heterocycles. The van der Waals surface area contributed by atoms with Crippen LogP contribution in [0.25, 0.3) is 0 Å². The van der Waals surface area contributed by atoms with E-state index in [0.29, 0.717) is 0 Å². The van der Waals surface area contributed by atoms with Crippen LogP contribution in [0.2, 0.25) is 0 Å². The van der Waals surface area contributed by atoms with Crippen molar-refractivity contribution in [1.29, 1.82) is 0 Å². The van der Waals surface area contributed by atoms with Crippen molar-refractivity contribution in [1.82, 2.24) is 10.2 Å². The Bertz CT molecular complexity index is 175. The van der Waals surface area contributed by atoms with Crippen LogP contribution in [0.15, 0.2) is 0 Å². The lowest BCUT2D eigenvalue weighted by Crippen LogP contribution is -2.35. The Balaban J connectivity index is 1.94. The molecule has 0 bridgehead atoms. The van der Waals surface area contributed by atoms with Gasteiger partial charge in [0.15, 0.2) is 0 Å². The molecule has 0 spiro atoms. The van der Waals surface area contributed by atoms with Crippen LogP contribution in [0.5, 0.6) is 0 Å². The lowest BCUT2D eigenvalue weighted by molar-refractivity contribution is 0.216. The van der Waals surface area contributed by atoms with Gasteiger partial charge in [-0.25, -0.2) is 0 Å². The fraction of sp³-hybridized carbons (Fsp3) is 0.833. The molecular weight excluding hydrogens is 172 g/mol. The molecule has 0 saturated carbocycles. The van der Waals surface area contributed by atoms with E-state index in [0.717, 1.165) is 25.3 Å². The summed E-state index contributed by atoms with van der Waals surface area (Å²) < 4.78 is 0. The van der Waals surface area contributed by atoms with Gasteiger partial charge in [-0.1, -0.05) is 0 Å². The van der Waals surface area contributed by atoms with E-state index < -0.39 is 0 Å². The van der Waals surface area contributed by atoms with Gasteiger partial charge in [0.1, 0.15) is 0 Å². The average Bonchev–Trinajstić information content (AvgIpc) is 2.21. The summed E-state index contributed by atoms with van der Waals surface area (Å²) in [6, 6.07) is 0. The Hall–Kier alpha value is -0.520. The number of rotatable bonds is 5. The quantitative estimate of drug-likeness (QED) is 0.525. The Kier molecular flexibility index (Phi) is 5.66. The second-order valence-corrected chi connectivity index (χ2v) is 4.26. The van der Waals surface area contributed by atoms with Crippen molar-refractivity contribution < 1.29 is 0 Å². The van der Waals surface area contributed by atoms with Crippen molar-refractivity contribution in [3.05, 3.63) is 0 Å². The number of unbranched alkanes of at least 4 members (excludes halogenated alkanes) is 1. The topological polar surface area (TPSA) is 15.3 Å². The van der Waals surface area contributed by atoms with Gasteiger partial charge in [-0.2, -0.15) is 0 Å². The van der Waals surface area contributed by atoms with Crippen LogP contribution >= 0.6 is 0 Å². The third-order valence-corrected chi connectivity index (χ3v) is 2.95. The van der Waals surface area contributed by atoms with Crippen molar-refractivity contribution in [2.45, 2.75) is 25.7 Å². The second kappa shape index (κ2) is 6.86. The van der Waals surface area contributed by atoms with Gasteiger partial charge in [-0.05, 0) is 58.4 Å². The highest BCUT2D eigenvalue weighted by atomic mass is 15.1. The highest BCUT2D eigenvalue weighted by molar-refractivity contribution is 4.83. The minimum atomic E-state index is 0.886. The van der Waals surface area contributed by atoms with Crippen molar-refractivity contribution in [2.75, 3.05) is 33.2 Å². The van der Waals surface area contributed by atoms with Crippen LogP contribution in [0.4, 0.5) is 0 Å². The molecule has 1 rings (SSSR count). The Morgan fingerprint density at radius 3 is 2.79 bits per heavy atom. The van der Waals surface area contributed by atoms with Gasteiger partial charge >= 0.3 is 0 Å². The van der Waals surface area contributed by atoms with Gasteiger partial charge in [0.2, 0.25) is 0 Å². The third kappa shape index (κ3) is 4.64. The number of piperidine rings is 1. The van der Waals surface area contributed by atoms with E-state index in [1.54, 1.807) is 0 Å². The van der Waals surface area contributed by atoms with Crippen LogP contribution in [0, 0.1) is 18.3 Å². The summed E-state index contributed by atoms with van der Waals surface area (Å²) in [5, 5.41) is 3.49. The molecule has 80 valence electrons. The number of nitrogens with one attached hydrogen (secondary N) is 1. The fourth-order valence-corrected chi connectivity index (χ4v) is 1.89. The maximum absolute atomic E-state index is 5.19. The summed E-state index contributed by atoms with van der Waals surface area (Å²) >= 11 is 0. The molecule has 1 fully saturated rings. The summed E-state index contributed by atoms with van der Waals surface area (Å²) in [6.07, 6.45) is 9.89. The molecule has 0 atom stereocenters. The van der Waals surface area contributed by atoms with Crippen LogP contribution in [0.1, 0.15) is 25.7 Å². The Labute approximate surface area is 88.1 Å². The first-order chi connectivity index (χ1) is 6.83. The van der Waals surface area contributed by atoms with E-state index in [1.165, 1.54) is 32.5 Å². The van der Waals surface area contributed by atoms with Crippen molar-refractivity contribution in [3.63, 3.8) is 0 Å². The van der Waals surface area contributed by atoms with Gasteiger partial charge in [-0.3, -0.25) is 0 Å². The first-order valence-corrected chi connectivity index (χ1v) is 5.65. The number of nitrogens with zero attached hydrogens (tertiary/aromatic N) is 1. The van der Waals surface area contributed by atoms with Crippen LogP contribution in [-0.4, -0.2) is 38.1 Å². The molecule has 0 aromatic rings. The van der Waals surface area contributed by atoms with Gasteiger partial charge in [0.25, 0.3) is 0 Å². The third-order valence-electron chi connectivity index (χ3n) is 2.95. The van der Waals surface area contributed by atoms with Crippen LogP contribution in [-0.2, 0) is 0 Å².